The Hall–Kier alpha value is -1.91. The van der Waals surface area contributed by atoms with Crippen LogP contribution in [0.3, 0.4) is 0 Å². The summed E-state index contributed by atoms with van der Waals surface area (Å²) in [6.45, 7) is 0. The molecule has 1 aliphatic heterocycles. The second-order valence-electron chi connectivity index (χ2n) is 6.02. The summed E-state index contributed by atoms with van der Waals surface area (Å²) in [6, 6.07) is 0. The Kier molecular flexibility index (Phi) is 2.13. The molecule has 0 N–H and O–H groups in total. The van der Waals surface area contributed by atoms with Crippen LogP contribution >= 0.6 is 0 Å². The predicted octanol–water partition coefficient (Wildman–Crippen LogP) is 0.853. The zero-order valence-electron chi connectivity index (χ0n) is 10.9. The Labute approximate surface area is 115 Å². The fraction of sp³-hybridized carbons (Fsp3) is 0.533. The molecule has 0 radical (unpaired) electrons. The summed E-state index contributed by atoms with van der Waals surface area (Å²) in [7, 11) is 1.33. The molecule has 6 unspecified atom stereocenters. The van der Waals surface area contributed by atoms with Crippen LogP contribution in [-0.2, 0) is 23.9 Å². The lowest BCUT2D eigenvalue weighted by molar-refractivity contribution is -0.165. The molecule has 0 spiro atoms. The second kappa shape index (κ2) is 3.59. The van der Waals surface area contributed by atoms with Crippen molar-refractivity contribution < 1.29 is 23.9 Å². The number of hydrogen-bond acceptors (Lipinski definition) is 5. The highest BCUT2D eigenvalue weighted by atomic mass is 16.6. The third kappa shape index (κ3) is 1.09. The molecule has 1 saturated heterocycles. The van der Waals surface area contributed by atoms with Crippen LogP contribution in [0.15, 0.2) is 24.3 Å². The number of cyclic esters (lactones) is 2. The molecule has 0 amide bonds. The van der Waals surface area contributed by atoms with Crippen molar-refractivity contribution in [2.75, 3.05) is 7.11 Å². The topological polar surface area (TPSA) is 69.7 Å². The van der Waals surface area contributed by atoms with Crippen molar-refractivity contribution in [3.63, 3.8) is 0 Å². The molecule has 4 aliphatic rings. The van der Waals surface area contributed by atoms with Gasteiger partial charge in [0.2, 0.25) is 0 Å². The Morgan fingerprint density at radius 2 is 2.05 bits per heavy atom. The van der Waals surface area contributed by atoms with Crippen molar-refractivity contribution in [3.8, 4) is 0 Å². The quantitative estimate of drug-likeness (QED) is 0.524. The molecule has 4 rings (SSSR count). The Morgan fingerprint density at radius 1 is 1.30 bits per heavy atom. The zero-order chi connectivity index (χ0) is 14.1. The van der Waals surface area contributed by atoms with E-state index < -0.39 is 35.2 Å². The van der Waals surface area contributed by atoms with E-state index in [-0.39, 0.29) is 17.8 Å². The van der Waals surface area contributed by atoms with E-state index in [9.17, 15) is 14.4 Å². The molecule has 6 atom stereocenters. The van der Waals surface area contributed by atoms with E-state index in [1.54, 1.807) is 0 Å². The highest BCUT2D eigenvalue weighted by Crippen LogP contribution is 2.69. The number of ether oxygens (including phenoxy) is 2. The van der Waals surface area contributed by atoms with Gasteiger partial charge in [0.15, 0.2) is 0 Å². The molecule has 5 nitrogen and oxygen atoms in total. The Balaban J connectivity index is 1.90. The van der Waals surface area contributed by atoms with Gasteiger partial charge in [-0.3, -0.25) is 14.4 Å². The highest BCUT2D eigenvalue weighted by Gasteiger charge is 2.76. The van der Waals surface area contributed by atoms with Crippen molar-refractivity contribution in [2.45, 2.75) is 6.42 Å². The number of carbonyl (C=O) groups excluding carboxylic acids is 3. The number of methoxy groups -OCH3 is 1. The van der Waals surface area contributed by atoms with Gasteiger partial charge in [-0.2, -0.15) is 0 Å². The molecule has 5 heteroatoms. The second-order valence-corrected chi connectivity index (χ2v) is 6.02. The van der Waals surface area contributed by atoms with Crippen molar-refractivity contribution in [1.29, 1.82) is 0 Å². The standard InChI is InChI=1S/C15H14O5/c1-19-14(18)15-6-8(7-4-2-3-5-9(7)15)10-11(15)13(17)20-12(10)16/h2-5,7-11H,6H2,1H3. The average Bonchev–Trinajstić information content (AvgIpc) is 3.07. The maximum Gasteiger partial charge on any atom is 0.318 e. The fourth-order valence-corrected chi connectivity index (χ4v) is 4.91. The minimum absolute atomic E-state index is 0.00995. The van der Waals surface area contributed by atoms with Crippen LogP contribution in [0.2, 0.25) is 0 Å². The number of fused-ring (bicyclic) bond motifs is 8. The van der Waals surface area contributed by atoms with Crippen LogP contribution in [0.1, 0.15) is 6.42 Å². The maximum atomic E-state index is 12.4. The van der Waals surface area contributed by atoms with Crippen LogP contribution in [0.25, 0.3) is 0 Å². The molecule has 0 aromatic heterocycles. The van der Waals surface area contributed by atoms with Crippen molar-refractivity contribution in [1.82, 2.24) is 0 Å². The molecule has 104 valence electrons. The Bertz CT molecular complexity index is 589. The molecular weight excluding hydrogens is 260 g/mol. The summed E-state index contributed by atoms with van der Waals surface area (Å²) in [5.41, 5.74) is -0.931. The van der Waals surface area contributed by atoms with E-state index in [0.29, 0.717) is 6.42 Å². The zero-order valence-corrected chi connectivity index (χ0v) is 10.9. The van der Waals surface area contributed by atoms with E-state index in [4.69, 9.17) is 9.47 Å². The summed E-state index contributed by atoms with van der Waals surface area (Å²) in [5.74, 6) is -2.57. The minimum atomic E-state index is -0.931. The molecule has 2 bridgehead atoms. The monoisotopic (exact) mass is 274 g/mol. The summed E-state index contributed by atoms with van der Waals surface area (Å²) in [4.78, 5) is 36.5. The highest BCUT2D eigenvalue weighted by molar-refractivity contribution is 6.02. The van der Waals surface area contributed by atoms with Crippen LogP contribution < -0.4 is 0 Å². The van der Waals surface area contributed by atoms with E-state index in [2.05, 4.69) is 0 Å². The van der Waals surface area contributed by atoms with Crippen molar-refractivity contribution >= 4 is 17.9 Å². The first-order chi connectivity index (χ1) is 9.61. The van der Waals surface area contributed by atoms with Crippen LogP contribution in [-0.4, -0.2) is 25.0 Å². The summed E-state index contributed by atoms with van der Waals surface area (Å²) < 4.78 is 9.78. The van der Waals surface area contributed by atoms with Gasteiger partial charge < -0.3 is 9.47 Å². The lowest BCUT2D eigenvalue weighted by Gasteiger charge is -2.39. The van der Waals surface area contributed by atoms with Crippen molar-refractivity contribution in [3.05, 3.63) is 24.3 Å². The van der Waals surface area contributed by atoms with Gasteiger partial charge in [0, 0.05) is 5.92 Å². The molecule has 1 heterocycles. The van der Waals surface area contributed by atoms with Gasteiger partial charge in [-0.1, -0.05) is 24.3 Å². The Morgan fingerprint density at radius 3 is 2.80 bits per heavy atom. The maximum absolute atomic E-state index is 12.4. The summed E-state index contributed by atoms with van der Waals surface area (Å²) >= 11 is 0. The van der Waals surface area contributed by atoms with Gasteiger partial charge in [0.05, 0.1) is 24.4 Å². The van der Waals surface area contributed by atoms with Gasteiger partial charge in [0.1, 0.15) is 0 Å². The average molecular weight is 274 g/mol. The molecule has 0 aromatic carbocycles. The first-order valence-electron chi connectivity index (χ1n) is 6.80. The SMILES string of the molecule is COC(=O)C12CC(C3C=CC=CC31)C1C(=O)OC(=O)C12. The molecule has 2 saturated carbocycles. The summed E-state index contributed by atoms with van der Waals surface area (Å²) in [5, 5.41) is 0. The van der Waals surface area contributed by atoms with E-state index in [1.807, 2.05) is 24.3 Å². The third-order valence-electron chi connectivity index (χ3n) is 5.51. The number of carbonyl (C=O) groups is 3. The predicted molar refractivity (Wildman–Crippen MR) is 65.9 cm³/mol. The number of esters is 3. The molecule has 0 aromatic rings. The van der Waals surface area contributed by atoms with Gasteiger partial charge >= 0.3 is 17.9 Å². The summed E-state index contributed by atoms with van der Waals surface area (Å²) in [6.07, 6.45) is 8.35. The van der Waals surface area contributed by atoms with Crippen LogP contribution in [0, 0.1) is 35.0 Å². The van der Waals surface area contributed by atoms with Gasteiger partial charge in [-0.15, -0.1) is 0 Å². The van der Waals surface area contributed by atoms with Crippen LogP contribution in [0.5, 0.6) is 0 Å². The lowest BCUT2D eigenvalue weighted by Crippen LogP contribution is -2.48. The number of allylic oxidation sites excluding steroid dienone is 4. The normalized spacial score (nSPS) is 47.1. The first-order valence-corrected chi connectivity index (χ1v) is 6.80. The van der Waals surface area contributed by atoms with Gasteiger partial charge in [0.25, 0.3) is 0 Å². The molecule has 3 aliphatic carbocycles. The minimum Gasteiger partial charge on any atom is -0.469 e. The molecule has 20 heavy (non-hydrogen) atoms. The number of rotatable bonds is 1. The van der Waals surface area contributed by atoms with Crippen molar-refractivity contribution in [2.24, 2.45) is 35.0 Å². The van der Waals surface area contributed by atoms with Gasteiger partial charge in [-0.25, -0.2) is 0 Å². The van der Waals surface area contributed by atoms with E-state index >= 15 is 0 Å². The smallest absolute Gasteiger partial charge is 0.318 e. The van der Waals surface area contributed by atoms with Crippen LogP contribution in [0.4, 0.5) is 0 Å². The number of hydrogen-bond donors (Lipinski definition) is 0. The largest absolute Gasteiger partial charge is 0.469 e. The van der Waals surface area contributed by atoms with Gasteiger partial charge in [-0.05, 0) is 18.3 Å². The fourth-order valence-electron chi connectivity index (χ4n) is 4.91. The first kappa shape index (κ1) is 11.9. The third-order valence-corrected chi connectivity index (χ3v) is 5.51. The van der Waals surface area contributed by atoms with E-state index in [1.165, 1.54) is 7.11 Å². The molecular formula is C15H14O5. The lowest BCUT2D eigenvalue weighted by atomic mass is 9.60. The molecule has 3 fully saturated rings. The van der Waals surface area contributed by atoms with E-state index in [0.717, 1.165) is 0 Å².